The number of hydrogen-bond donors (Lipinski definition) is 1. The van der Waals surface area contributed by atoms with Gasteiger partial charge in [-0.3, -0.25) is 9.59 Å². The molecular formula is C24H32N2O5. The van der Waals surface area contributed by atoms with Crippen LogP contribution in [0, 0.1) is 11.8 Å². The number of aliphatic hydroxyl groups is 1. The molecule has 1 saturated carbocycles. The third-order valence-electron chi connectivity index (χ3n) is 7.59. The number of Topliss-reactive ketones (excluding diaryl/α,β-unsaturated/α-hetero) is 1. The van der Waals surface area contributed by atoms with Crippen LogP contribution in [0.1, 0.15) is 32.3 Å². The summed E-state index contributed by atoms with van der Waals surface area (Å²) in [5, 5.41) is 10.6. The van der Waals surface area contributed by atoms with E-state index < -0.39 is 11.5 Å². The molecule has 2 saturated heterocycles. The molecule has 7 heteroatoms. The molecule has 1 N–H and O–H groups in total. The fourth-order valence-corrected chi connectivity index (χ4v) is 6.18. The zero-order chi connectivity index (χ0) is 22.5. The first-order valence-corrected chi connectivity index (χ1v) is 10.9. The van der Waals surface area contributed by atoms with Crippen molar-refractivity contribution in [3.8, 4) is 11.5 Å². The van der Waals surface area contributed by atoms with E-state index in [1.807, 2.05) is 13.0 Å². The van der Waals surface area contributed by atoms with Crippen molar-refractivity contribution in [2.24, 2.45) is 11.8 Å². The molecule has 5 rings (SSSR count). The summed E-state index contributed by atoms with van der Waals surface area (Å²) < 4.78 is 11.1. The summed E-state index contributed by atoms with van der Waals surface area (Å²) >= 11 is 0. The van der Waals surface area contributed by atoms with E-state index in [9.17, 15) is 14.7 Å². The second-order valence-corrected chi connectivity index (χ2v) is 8.96. The van der Waals surface area contributed by atoms with Gasteiger partial charge in [0.05, 0.1) is 31.4 Å². The predicted molar refractivity (Wildman–Crippen MR) is 118 cm³/mol. The fraction of sp³-hybridized carbons (Fsp3) is 0.583. The van der Waals surface area contributed by atoms with Crippen molar-refractivity contribution in [3.05, 3.63) is 29.3 Å². The van der Waals surface area contributed by atoms with Crippen LogP contribution in [-0.2, 0) is 15.0 Å². The molecule has 0 aromatic heterocycles. The number of carbonyl (C=O) groups excluding carboxylic acids is 2. The lowest BCUT2D eigenvalue weighted by atomic mass is 9.57. The molecule has 0 radical (unpaired) electrons. The molecule has 1 unspecified atom stereocenters. The summed E-state index contributed by atoms with van der Waals surface area (Å²) in [7, 11) is 5.19. The Labute approximate surface area is 183 Å². The molecule has 3 fully saturated rings. The van der Waals surface area contributed by atoms with Gasteiger partial charge in [0.2, 0.25) is 5.91 Å². The zero-order valence-electron chi connectivity index (χ0n) is 19.0. The standard InChI is InChI=1S/C24H32N2O5/c1-6-15-12-25(3)8-7-24-18-10-20(30-4)21(31-5)11-19(18)26(14(2)28)23(24)17(13-27)16(15)9-22(24)29/h6,10-11,16-17,23,27H,7-9,12-13H2,1-5H3/t16?,17-,23-,24+/m0/s1. The molecule has 2 bridgehead atoms. The molecule has 1 spiro atoms. The fourth-order valence-electron chi connectivity index (χ4n) is 6.18. The van der Waals surface area contributed by atoms with E-state index in [2.05, 4.69) is 18.0 Å². The van der Waals surface area contributed by atoms with Crippen LogP contribution in [-0.4, -0.2) is 68.7 Å². The first-order chi connectivity index (χ1) is 14.8. The van der Waals surface area contributed by atoms with Crippen LogP contribution in [0.2, 0.25) is 0 Å². The largest absolute Gasteiger partial charge is 0.493 e. The van der Waals surface area contributed by atoms with Gasteiger partial charge >= 0.3 is 0 Å². The van der Waals surface area contributed by atoms with E-state index in [1.165, 1.54) is 6.92 Å². The van der Waals surface area contributed by atoms with Crippen LogP contribution >= 0.6 is 0 Å². The first kappa shape index (κ1) is 21.8. The maximum Gasteiger partial charge on any atom is 0.224 e. The van der Waals surface area contributed by atoms with E-state index in [0.29, 0.717) is 36.6 Å². The Kier molecular flexibility index (Phi) is 5.60. The minimum absolute atomic E-state index is 0.0859. The number of aliphatic hydroxyl groups excluding tert-OH is 1. The summed E-state index contributed by atoms with van der Waals surface area (Å²) in [6.45, 7) is 4.90. The molecule has 168 valence electrons. The number of methoxy groups -OCH3 is 2. The topological polar surface area (TPSA) is 79.3 Å². The van der Waals surface area contributed by atoms with Crippen molar-refractivity contribution in [1.29, 1.82) is 0 Å². The molecule has 3 heterocycles. The van der Waals surface area contributed by atoms with Crippen LogP contribution in [0.4, 0.5) is 5.69 Å². The number of ketones is 1. The average molecular weight is 429 g/mol. The van der Waals surface area contributed by atoms with Crippen molar-refractivity contribution >= 4 is 17.4 Å². The number of ether oxygens (including phenoxy) is 2. The quantitative estimate of drug-likeness (QED) is 0.744. The Balaban J connectivity index is 2.03. The maximum atomic E-state index is 14.0. The molecule has 31 heavy (non-hydrogen) atoms. The van der Waals surface area contributed by atoms with Crippen molar-refractivity contribution in [2.75, 3.05) is 45.9 Å². The van der Waals surface area contributed by atoms with Crippen LogP contribution in [0.25, 0.3) is 0 Å². The number of allylic oxidation sites excluding steroid dienone is 1. The number of nitrogens with zero attached hydrogens (tertiary/aromatic N) is 2. The number of carbonyl (C=O) groups is 2. The summed E-state index contributed by atoms with van der Waals surface area (Å²) in [4.78, 5) is 30.9. The van der Waals surface area contributed by atoms with Crippen molar-refractivity contribution in [2.45, 2.75) is 38.1 Å². The number of rotatable bonds is 3. The van der Waals surface area contributed by atoms with E-state index in [-0.39, 0.29) is 30.1 Å². The lowest BCUT2D eigenvalue weighted by molar-refractivity contribution is -0.131. The Morgan fingerprint density at radius 3 is 2.55 bits per heavy atom. The number of amides is 1. The molecule has 7 nitrogen and oxygen atoms in total. The van der Waals surface area contributed by atoms with E-state index >= 15 is 0 Å². The van der Waals surface area contributed by atoms with Gasteiger partial charge in [-0.05, 0) is 44.5 Å². The second-order valence-electron chi connectivity index (χ2n) is 8.96. The number of anilines is 1. The highest BCUT2D eigenvalue weighted by Gasteiger charge is 2.63. The summed E-state index contributed by atoms with van der Waals surface area (Å²) in [5.41, 5.74) is 1.78. The molecule has 1 aromatic rings. The predicted octanol–water partition coefficient (Wildman–Crippen LogP) is 2.16. The highest BCUT2D eigenvalue weighted by molar-refractivity contribution is 6.05. The van der Waals surface area contributed by atoms with E-state index in [4.69, 9.17) is 9.47 Å². The lowest BCUT2D eigenvalue weighted by Crippen LogP contribution is -2.61. The highest BCUT2D eigenvalue weighted by atomic mass is 16.5. The van der Waals surface area contributed by atoms with Crippen molar-refractivity contribution in [3.63, 3.8) is 0 Å². The minimum atomic E-state index is -0.873. The van der Waals surface area contributed by atoms with Crippen LogP contribution < -0.4 is 14.4 Å². The summed E-state index contributed by atoms with van der Waals surface area (Å²) in [5.74, 6) is 0.729. The van der Waals surface area contributed by atoms with Crippen molar-refractivity contribution in [1.82, 2.24) is 4.90 Å². The minimum Gasteiger partial charge on any atom is -0.493 e. The average Bonchev–Trinajstić information content (AvgIpc) is 3.08. The van der Waals surface area contributed by atoms with Crippen molar-refractivity contribution < 1.29 is 24.2 Å². The lowest BCUT2D eigenvalue weighted by Gasteiger charge is -2.48. The summed E-state index contributed by atoms with van der Waals surface area (Å²) in [6.07, 6.45) is 3.02. The van der Waals surface area contributed by atoms with Gasteiger partial charge in [0.25, 0.3) is 0 Å². The van der Waals surface area contributed by atoms with Gasteiger partial charge < -0.3 is 24.4 Å². The number of benzene rings is 1. The Morgan fingerprint density at radius 2 is 1.97 bits per heavy atom. The first-order valence-electron chi connectivity index (χ1n) is 10.9. The zero-order valence-corrected chi connectivity index (χ0v) is 19.0. The van der Waals surface area contributed by atoms with Crippen LogP contribution in [0.3, 0.4) is 0 Å². The van der Waals surface area contributed by atoms with Crippen LogP contribution in [0.5, 0.6) is 11.5 Å². The van der Waals surface area contributed by atoms with Crippen LogP contribution in [0.15, 0.2) is 23.8 Å². The van der Waals surface area contributed by atoms with Gasteiger partial charge in [-0.1, -0.05) is 11.6 Å². The molecule has 1 aliphatic carbocycles. The van der Waals surface area contributed by atoms with E-state index in [0.717, 1.165) is 17.7 Å². The van der Waals surface area contributed by atoms with Gasteiger partial charge in [-0.15, -0.1) is 0 Å². The Bertz CT molecular complexity index is 942. The molecular weight excluding hydrogens is 396 g/mol. The van der Waals surface area contributed by atoms with E-state index in [1.54, 1.807) is 25.2 Å². The van der Waals surface area contributed by atoms with Gasteiger partial charge in [0.15, 0.2) is 11.5 Å². The number of hydrogen-bond acceptors (Lipinski definition) is 6. The molecule has 4 atom stereocenters. The normalized spacial score (nSPS) is 31.7. The van der Waals surface area contributed by atoms with Gasteiger partial charge in [0.1, 0.15) is 5.78 Å². The summed E-state index contributed by atoms with van der Waals surface area (Å²) in [6, 6.07) is 3.23. The SMILES string of the molecule is CC=C1CN(C)CC[C@@]23C(=O)CC1[C@H](CO)[C@@H]2N(C(C)=O)c1cc(OC)c(OC)cc13. The van der Waals surface area contributed by atoms with Gasteiger partial charge in [0, 0.05) is 38.5 Å². The Morgan fingerprint density at radius 1 is 1.29 bits per heavy atom. The highest BCUT2D eigenvalue weighted by Crippen LogP contribution is 2.58. The molecule has 4 aliphatic rings. The maximum absolute atomic E-state index is 14.0. The third kappa shape index (κ3) is 3.01. The number of fused-ring (bicyclic) bond motifs is 6. The number of likely N-dealkylation sites (N-methyl/N-ethyl adjacent to an activating group) is 1. The molecule has 3 aliphatic heterocycles. The Hall–Kier alpha value is -2.38. The van der Waals surface area contributed by atoms with Gasteiger partial charge in [-0.2, -0.15) is 0 Å². The monoisotopic (exact) mass is 428 g/mol. The smallest absolute Gasteiger partial charge is 0.224 e. The molecule has 1 aromatic carbocycles. The third-order valence-corrected chi connectivity index (χ3v) is 7.59. The second kappa shape index (κ2) is 7.95. The van der Waals surface area contributed by atoms with Gasteiger partial charge in [-0.25, -0.2) is 0 Å². The molecule has 1 amide bonds.